The first kappa shape index (κ1) is 19.1. The van der Waals surface area contributed by atoms with Gasteiger partial charge in [0.15, 0.2) is 12.4 Å². The minimum atomic E-state index is -0.208. The summed E-state index contributed by atoms with van der Waals surface area (Å²) < 4.78 is 7.29. The fourth-order valence-electron chi connectivity index (χ4n) is 2.82. The first-order chi connectivity index (χ1) is 14.0. The van der Waals surface area contributed by atoms with E-state index in [-0.39, 0.29) is 12.5 Å². The van der Waals surface area contributed by atoms with Crippen molar-refractivity contribution >= 4 is 27.9 Å². The maximum absolute atomic E-state index is 12.2. The molecule has 0 aliphatic rings. The molecule has 148 valence electrons. The zero-order chi connectivity index (χ0) is 20.4. The van der Waals surface area contributed by atoms with Crippen LogP contribution >= 0.6 is 11.3 Å². The van der Waals surface area contributed by atoms with Crippen LogP contribution in [0.2, 0.25) is 0 Å². The second-order valence-corrected chi connectivity index (χ2v) is 7.94. The van der Waals surface area contributed by atoms with Gasteiger partial charge in [-0.3, -0.25) is 4.79 Å². The Balaban J connectivity index is 1.34. The van der Waals surface area contributed by atoms with Crippen LogP contribution in [0.15, 0.2) is 48.5 Å². The van der Waals surface area contributed by atoms with E-state index in [1.54, 1.807) is 4.52 Å². The quantitative estimate of drug-likeness (QED) is 0.515. The van der Waals surface area contributed by atoms with Crippen LogP contribution in [0, 0.1) is 6.92 Å². The molecule has 7 nitrogen and oxygen atoms in total. The number of carbonyl (C=O) groups is 1. The van der Waals surface area contributed by atoms with Crippen molar-refractivity contribution < 1.29 is 9.53 Å². The van der Waals surface area contributed by atoms with Gasteiger partial charge in [-0.25, -0.2) is 0 Å². The van der Waals surface area contributed by atoms with Gasteiger partial charge in [-0.05, 0) is 54.8 Å². The van der Waals surface area contributed by atoms with Crippen molar-refractivity contribution in [2.24, 2.45) is 0 Å². The molecule has 29 heavy (non-hydrogen) atoms. The van der Waals surface area contributed by atoms with E-state index in [1.807, 2.05) is 55.5 Å². The first-order valence-corrected chi connectivity index (χ1v) is 10.1. The van der Waals surface area contributed by atoms with Crippen LogP contribution in [-0.4, -0.2) is 32.3 Å². The molecule has 0 aliphatic carbocycles. The highest BCUT2D eigenvalue weighted by Crippen LogP contribution is 2.26. The van der Waals surface area contributed by atoms with E-state index >= 15 is 0 Å². The number of anilines is 1. The lowest BCUT2D eigenvalue weighted by Gasteiger charge is -2.09. The van der Waals surface area contributed by atoms with Crippen LogP contribution in [0.25, 0.3) is 15.5 Å². The Morgan fingerprint density at radius 1 is 1.10 bits per heavy atom. The van der Waals surface area contributed by atoms with E-state index in [0.29, 0.717) is 17.4 Å². The van der Waals surface area contributed by atoms with Crippen LogP contribution in [0.4, 0.5) is 5.69 Å². The van der Waals surface area contributed by atoms with Crippen LogP contribution in [-0.2, 0) is 4.79 Å². The number of nitrogens with zero attached hydrogens (tertiary/aromatic N) is 4. The predicted molar refractivity (Wildman–Crippen MR) is 113 cm³/mol. The number of fused-ring (bicyclic) bond motifs is 1. The van der Waals surface area contributed by atoms with Gasteiger partial charge in [0, 0.05) is 11.3 Å². The Kier molecular flexibility index (Phi) is 5.26. The molecule has 2 aromatic heterocycles. The van der Waals surface area contributed by atoms with Crippen molar-refractivity contribution in [2.45, 2.75) is 26.7 Å². The van der Waals surface area contributed by atoms with Gasteiger partial charge in [0.05, 0.1) is 0 Å². The molecule has 2 heterocycles. The molecule has 1 N–H and O–H groups in total. The lowest BCUT2D eigenvalue weighted by atomic mass is 10.0. The highest BCUT2D eigenvalue weighted by Gasteiger charge is 2.11. The maximum atomic E-state index is 12.2. The van der Waals surface area contributed by atoms with Crippen LogP contribution in [0.3, 0.4) is 0 Å². The molecular formula is C21H21N5O2S. The first-order valence-electron chi connectivity index (χ1n) is 9.31. The van der Waals surface area contributed by atoms with Gasteiger partial charge in [-0.15, -0.1) is 10.2 Å². The zero-order valence-electron chi connectivity index (χ0n) is 16.4. The van der Waals surface area contributed by atoms with Gasteiger partial charge in [0.2, 0.25) is 4.96 Å². The number of aryl methyl sites for hydroxylation is 1. The molecule has 0 unspecified atom stereocenters. The SMILES string of the molecule is Cc1nnc2sc(-c3ccc(NC(=O)COc4ccc(C(C)C)cc4)cc3)nn12. The average molecular weight is 407 g/mol. The van der Waals surface area contributed by atoms with Crippen molar-refractivity contribution in [1.82, 2.24) is 19.8 Å². The molecule has 0 saturated heterocycles. The van der Waals surface area contributed by atoms with Crippen LogP contribution in [0.1, 0.15) is 31.2 Å². The smallest absolute Gasteiger partial charge is 0.262 e. The molecule has 4 aromatic rings. The summed E-state index contributed by atoms with van der Waals surface area (Å²) in [6, 6.07) is 15.3. The molecule has 8 heteroatoms. The van der Waals surface area contributed by atoms with Gasteiger partial charge in [-0.1, -0.05) is 37.3 Å². The Hall–Kier alpha value is -3.26. The van der Waals surface area contributed by atoms with Gasteiger partial charge in [0.25, 0.3) is 5.91 Å². The molecule has 0 radical (unpaired) electrons. The fraction of sp³-hybridized carbons (Fsp3) is 0.238. The van der Waals surface area contributed by atoms with Crippen molar-refractivity contribution in [1.29, 1.82) is 0 Å². The number of hydrogen-bond acceptors (Lipinski definition) is 6. The lowest BCUT2D eigenvalue weighted by molar-refractivity contribution is -0.118. The van der Waals surface area contributed by atoms with E-state index in [2.05, 4.69) is 34.5 Å². The van der Waals surface area contributed by atoms with Gasteiger partial charge >= 0.3 is 0 Å². The summed E-state index contributed by atoms with van der Waals surface area (Å²) in [6.07, 6.45) is 0. The Bertz CT molecular complexity index is 1130. The summed E-state index contributed by atoms with van der Waals surface area (Å²) in [5, 5.41) is 16.3. The molecule has 0 fully saturated rings. The standard InChI is InChI=1S/C21H21N5O2S/c1-13(2)15-6-10-18(11-7-15)28-12-19(27)22-17-8-4-16(5-9-17)20-25-26-14(3)23-24-21(26)29-20/h4-11,13H,12H2,1-3H3,(H,22,27). The third-order valence-electron chi connectivity index (χ3n) is 4.48. The number of aromatic nitrogens is 4. The third kappa shape index (κ3) is 4.27. The van der Waals surface area contributed by atoms with Gasteiger partial charge < -0.3 is 10.1 Å². The summed E-state index contributed by atoms with van der Waals surface area (Å²) in [7, 11) is 0. The molecule has 0 saturated carbocycles. The molecule has 0 bridgehead atoms. The third-order valence-corrected chi connectivity index (χ3v) is 5.43. The molecule has 1 amide bonds. The molecule has 2 aromatic carbocycles. The highest BCUT2D eigenvalue weighted by molar-refractivity contribution is 7.19. The molecule has 0 spiro atoms. The normalized spacial score (nSPS) is 11.2. The van der Waals surface area contributed by atoms with Gasteiger partial charge in [0.1, 0.15) is 10.8 Å². The fourth-order valence-corrected chi connectivity index (χ4v) is 3.71. The van der Waals surface area contributed by atoms with Crippen LogP contribution in [0.5, 0.6) is 5.75 Å². The zero-order valence-corrected chi connectivity index (χ0v) is 17.2. The minimum absolute atomic E-state index is 0.0429. The number of rotatable bonds is 6. The summed E-state index contributed by atoms with van der Waals surface area (Å²) >= 11 is 1.47. The molecule has 4 rings (SSSR count). The van der Waals surface area contributed by atoms with E-state index in [0.717, 1.165) is 21.4 Å². The number of carbonyl (C=O) groups excluding carboxylic acids is 1. The molecule has 0 aliphatic heterocycles. The van der Waals surface area contributed by atoms with Gasteiger partial charge in [-0.2, -0.15) is 9.61 Å². The van der Waals surface area contributed by atoms with E-state index in [4.69, 9.17) is 4.74 Å². The summed E-state index contributed by atoms with van der Waals surface area (Å²) in [6.45, 7) is 6.10. The van der Waals surface area contributed by atoms with Crippen molar-refractivity contribution in [3.05, 3.63) is 59.9 Å². The Labute approximate surface area is 172 Å². The summed E-state index contributed by atoms with van der Waals surface area (Å²) in [4.78, 5) is 12.9. The number of ether oxygens (including phenoxy) is 1. The monoisotopic (exact) mass is 407 g/mol. The minimum Gasteiger partial charge on any atom is -0.484 e. The van der Waals surface area contributed by atoms with Crippen molar-refractivity contribution in [2.75, 3.05) is 11.9 Å². The highest BCUT2D eigenvalue weighted by atomic mass is 32.1. The summed E-state index contributed by atoms with van der Waals surface area (Å²) in [5.74, 6) is 1.69. The number of amides is 1. The molecule has 0 atom stereocenters. The number of benzene rings is 2. The van der Waals surface area contributed by atoms with Crippen molar-refractivity contribution in [3.63, 3.8) is 0 Å². The van der Waals surface area contributed by atoms with Crippen molar-refractivity contribution in [3.8, 4) is 16.3 Å². The summed E-state index contributed by atoms with van der Waals surface area (Å²) in [5.41, 5.74) is 2.90. The Morgan fingerprint density at radius 3 is 2.48 bits per heavy atom. The average Bonchev–Trinajstić information content (AvgIpc) is 3.29. The largest absolute Gasteiger partial charge is 0.484 e. The number of hydrogen-bond donors (Lipinski definition) is 1. The van der Waals surface area contributed by atoms with E-state index in [9.17, 15) is 4.79 Å². The second-order valence-electron chi connectivity index (χ2n) is 6.99. The maximum Gasteiger partial charge on any atom is 0.262 e. The molecular weight excluding hydrogens is 386 g/mol. The van der Waals surface area contributed by atoms with E-state index < -0.39 is 0 Å². The predicted octanol–water partition coefficient (Wildman–Crippen LogP) is 4.30. The number of nitrogens with one attached hydrogen (secondary N) is 1. The lowest BCUT2D eigenvalue weighted by Crippen LogP contribution is -2.20. The Morgan fingerprint density at radius 2 is 1.83 bits per heavy atom. The van der Waals surface area contributed by atoms with Crippen LogP contribution < -0.4 is 10.1 Å². The topological polar surface area (TPSA) is 81.4 Å². The van der Waals surface area contributed by atoms with E-state index in [1.165, 1.54) is 16.9 Å². The second kappa shape index (κ2) is 8.00.